The predicted octanol–water partition coefficient (Wildman–Crippen LogP) is 2.38. The van der Waals surface area contributed by atoms with E-state index in [2.05, 4.69) is 24.4 Å². The maximum absolute atomic E-state index is 12.4. The largest absolute Gasteiger partial charge is 0.351 e. The Kier molecular flexibility index (Phi) is 4.25. The van der Waals surface area contributed by atoms with Crippen LogP contribution in [0.5, 0.6) is 0 Å². The summed E-state index contributed by atoms with van der Waals surface area (Å²) in [4.78, 5) is 12.4. The Labute approximate surface area is 115 Å². The Bertz CT molecular complexity index is 458. The first-order valence-electron chi connectivity index (χ1n) is 7.18. The monoisotopic (exact) mass is 260 g/mol. The zero-order chi connectivity index (χ0) is 13.9. The molecule has 2 rings (SSSR count). The van der Waals surface area contributed by atoms with E-state index in [0.29, 0.717) is 6.54 Å². The molecule has 0 saturated heterocycles. The Morgan fingerprint density at radius 2 is 2.11 bits per heavy atom. The normalized spacial score (nSPS) is 26.4. The van der Waals surface area contributed by atoms with E-state index in [-0.39, 0.29) is 17.4 Å². The molecule has 0 heterocycles. The van der Waals surface area contributed by atoms with E-state index in [4.69, 9.17) is 5.73 Å². The molecule has 1 aromatic carbocycles. The Morgan fingerprint density at radius 1 is 1.42 bits per heavy atom. The minimum Gasteiger partial charge on any atom is -0.351 e. The zero-order valence-electron chi connectivity index (χ0n) is 11.9. The van der Waals surface area contributed by atoms with Gasteiger partial charge >= 0.3 is 0 Å². The smallest absolute Gasteiger partial charge is 0.227 e. The Balaban J connectivity index is 2.01. The van der Waals surface area contributed by atoms with Crippen LogP contribution in [0.1, 0.15) is 44.2 Å². The lowest BCUT2D eigenvalue weighted by atomic mass is 9.84. The van der Waals surface area contributed by atoms with Crippen LogP contribution in [-0.4, -0.2) is 11.9 Å². The third kappa shape index (κ3) is 2.81. The van der Waals surface area contributed by atoms with Gasteiger partial charge < -0.3 is 11.1 Å². The summed E-state index contributed by atoms with van der Waals surface area (Å²) in [5.74, 6) is 0.100. The van der Waals surface area contributed by atoms with Crippen molar-refractivity contribution in [3.05, 3.63) is 35.4 Å². The van der Waals surface area contributed by atoms with Gasteiger partial charge in [-0.1, -0.05) is 37.6 Å². The molecule has 1 aliphatic carbocycles. The maximum Gasteiger partial charge on any atom is 0.227 e. The van der Waals surface area contributed by atoms with Crippen molar-refractivity contribution in [1.82, 2.24) is 5.32 Å². The van der Waals surface area contributed by atoms with Gasteiger partial charge in [0, 0.05) is 12.6 Å². The van der Waals surface area contributed by atoms with Crippen molar-refractivity contribution in [1.29, 1.82) is 0 Å². The molecule has 3 heteroatoms. The second-order valence-corrected chi connectivity index (χ2v) is 5.72. The molecule has 2 atom stereocenters. The highest BCUT2D eigenvalue weighted by molar-refractivity contribution is 5.83. The van der Waals surface area contributed by atoms with Gasteiger partial charge in [-0.2, -0.15) is 0 Å². The molecular formula is C16H24N2O. The number of nitrogens with one attached hydrogen (secondary N) is 1. The number of amides is 1. The van der Waals surface area contributed by atoms with Crippen LogP contribution in [0.2, 0.25) is 0 Å². The second-order valence-electron chi connectivity index (χ2n) is 5.72. The third-order valence-corrected chi connectivity index (χ3v) is 4.49. The van der Waals surface area contributed by atoms with Gasteiger partial charge in [0.1, 0.15) is 0 Å². The average molecular weight is 260 g/mol. The summed E-state index contributed by atoms with van der Waals surface area (Å²) in [5, 5.41) is 3.07. The molecule has 1 saturated carbocycles. The van der Waals surface area contributed by atoms with E-state index >= 15 is 0 Å². The van der Waals surface area contributed by atoms with Crippen LogP contribution in [0.4, 0.5) is 0 Å². The van der Waals surface area contributed by atoms with Crippen molar-refractivity contribution in [2.45, 2.75) is 52.1 Å². The minimum absolute atomic E-state index is 0.00563. The molecular weight excluding hydrogens is 236 g/mol. The molecule has 1 amide bonds. The molecule has 0 aromatic heterocycles. The highest BCUT2D eigenvalue weighted by Crippen LogP contribution is 2.36. The van der Waals surface area contributed by atoms with Gasteiger partial charge in [-0.3, -0.25) is 4.79 Å². The number of aryl methyl sites for hydroxylation is 1. The van der Waals surface area contributed by atoms with Crippen molar-refractivity contribution in [2.75, 3.05) is 0 Å². The van der Waals surface area contributed by atoms with E-state index in [1.165, 1.54) is 11.1 Å². The molecule has 0 spiro atoms. The number of nitrogens with two attached hydrogens (primary N) is 1. The molecule has 1 aliphatic rings. The number of hydrogen-bond donors (Lipinski definition) is 2. The first-order chi connectivity index (χ1) is 9.08. The number of carbonyl (C=O) groups excluding carboxylic acids is 1. The molecule has 3 N–H and O–H groups in total. The fourth-order valence-electron chi connectivity index (χ4n) is 2.93. The summed E-state index contributed by atoms with van der Waals surface area (Å²) in [6, 6.07) is 8.25. The molecule has 0 radical (unpaired) electrons. The number of rotatable bonds is 4. The quantitative estimate of drug-likeness (QED) is 0.873. The SMILES string of the molecule is CCc1ccccc1CNC(=O)C1(C)CCCC1N. The molecule has 19 heavy (non-hydrogen) atoms. The Hall–Kier alpha value is -1.35. The van der Waals surface area contributed by atoms with Gasteiger partial charge in [-0.25, -0.2) is 0 Å². The maximum atomic E-state index is 12.4. The summed E-state index contributed by atoms with van der Waals surface area (Å²) in [6.45, 7) is 4.73. The lowest BCUT2D eigenvalue weighted by Crippen LogP contribution is -2.47. The number of benzene rings is 1. The summed E-state index contributed by atoms with van der Waals surface area (Å²) in [7, 11) is 0. The van der Waals surface area contributed by atoms with Crippen molar-refractivity contribution < 1.29 is 4.79 Å². The molecule has 0 aliphatic heterocycles. The van der Waals surface area contributed by atoms with Crippen LogP contribution in [0, 0.1) is 5.41 Å². The first kappa shape index (κ1) is 14.1. The van der Waals surface area contributed by atoms with Crippen LogP contribution >= 0.6 is 0 Å². The number of hydrogen-bond acceptors (Lipinski definition) is 2. The lowest BCUT2D eigenvalue weighted by molar-refractivity contribution is -0.130. The standard InChI is InChI=1S/C16H24N2O/c1-3-12-7-4-5-8-13(12)11-18-15(19)16(2)10-6-9-14(16)17/h4-5,7-8,14H,3,6,9-11,17H2,1-2H3,(H,18,19). The van der Waals surface area contributed by atoms with Crippen molar-refractivity contribution in [2.24, 2.45) is 11.1 Å². The van der Waals surface area contributed by atoms with E-state index in [1.807, 2.05) is 19.1 Å². The highest BCUT2D eigenvalue weighted by atomic mass is 16.2. The van der Waals surface area contributed by atoms with Gasteiger partial charge in [0.15, 0.2) is 0 Å². The first-order valence-corrected chi connectivity index (χ1v) is 7.18. The highest BCUT2D eigenvalue weighted by Gasteiger charge is 2.42. The van der Waals surface area contributed by atoms with Crippen LogP contribution in [0.25, 0.3) is 0 Å². The van der Waals surface area contributed by atoms with Gasteiger partial charge in [-0.15, -0.1) is 0 Å². The Morgan fingerprint density at radius 3 is 2.68 bits per heavy atom. The summed E-state index contributed by atoms with van der Waals surface area (Å²) < 4.78 is 0. The van der Waals surface area contributed by atoms with Gasteiger partial charge in [0.25, 0.3) is 0 Å². The molecule has 2 unspecified atom stereocenters. The van der Waals surface area contributed by atoms with Crippen LogP contribution in [0.15, 0.2) is 24.3 Å². The predicted molar refractivity (Wildman–Crippen MR) is 77.6 cm³/mol. The summed E-state index contributed by atoms with van der Waals surface area (Å²) in [6.07, 6.45) is 3.89. The minimum atomic E-state index is -0.388. The molecule has 104 valence electrons. The average Bonchev–Trinajstić information content (AvgIpc) is 2.77. The molecule has 1 aromatic rings. The molecule has 0 bridgehead atoms. The van der Waals surface area contributed by atoms with E-state index in [0.717, 1.165) is 25.7 Å². The van der Waals surface area contributed by atoms with E-state index in [1.54, 1.807) is 0 Å². The van der Waals surface area contributed by atoms with Crippen LogP contribution in [-0.2, 0) is 17.8 Å². The van der Waals surface area contributed by atoms with Gasteiger partial charge in [-0.05, 0) is 37.3 Å². The second kappa shape index (κ2) is 5.74. The van der Waals surface area contributed by atoms with E-state index < -0.39 is 0 Å². The fraction of sp³-hybridized carbons (Fsp3) is 0.562. The van der Waals surface area contributed by atoms with Crippen LogP contribution < -0.4 is 11.1 Å². The summed E-state index contributed by atoms with van der Waals surface area (Å²) in [5.41, 5.74) is 8.19. The van der Waals surface area contributed by atoms with Crippen molar-refractivity contribution in [3.63, 3.8) is 0 Å². The number of carbonyl (C=O) groups is 1. The van der Waals surface area contributed by atoms with Gasteiger partial charge in [0.2, 0.25) is 5.91 Å². The molecule has 3 nitrogen and oxygen atoms in total. The van der Waals surface area contributed by atoms with Gasteiger partial charge in [0.05, 0.1) is 5.41 Å². The zero-order valence-corrected chi connectivity index (χ0v) is 11.9. The fourth-order valence-corrected chi connectivity index (χ4v) is 2.93. The third-order valence-electron chi connectivity index (χ3n) is 4.49. The molecule has 1 fully saturated rings. The summed E-state index contributed by atoms with van der Waals surface area (Å²) >= 11 is 0. The van der Waals surface area contributed by atoms with E-state index in [9.17, 15) is 4.79 Å². The lowest BCUT2D eigenvalue weighted by Gasteiger charge is -2.27. The van der Waals surface area contributed by atoms with Crippen LogP contribution in [0.3, 0.4) is 0 Å². The van der Waals surface area contributed by atoms with Crippen molar-refractivity contribution in [3.8, 4) is 0 Å². The van der Waals surface area contributed by atoms with Crippen molar-refractivity contribution >= 4 is 5.91 Å². The topological polar surface area (TPSA) is 55.1 Å².